The first-order valence-electron chi connectivity index (χ1n) is 13.5. The summed E-state index contributed by atoms with van der Waals surface area (Å²) in [7, 11) is 0. The van der Waals surface area contributed by atoms with Crippen molar-refractivity contribution in [3.8, 4) is 11.1 Å². The van der Waals surface area contributed by atoms with E-state index >= 15 is 0 Å². The lowest BCUT2D eigenvalue weighted by Gasteiger charge is -2.28. The fourth-order valence-electron chi connectivity index (χ4n) is 5.83. The first-order chi connectivity index (χ1) is 19.6. The molecule has 1 N–H and O–H groups in total. The zero-order valence-corrected chi connectivity index (χ0v) is 24.0. The molecule has 2 aliphatic heterocycles. The maximum atomic E-state index is 13.7. The number of amides is 1. The Morgan fingerprint density at radius 3 is 2.62 bits per heavy atom. The normalized spacial score (nSPS) is 15.9. The number of piperidine rings is 1. The Morgan fingerprint density at radius 1 is 1.02 bits per heavy atom. The number of carbonyl (C=O) groups is 1. The lowest BCUT2D eigenvalue weighted by atomic mass is 10.0. The third-order valence-corrected chi connectivity index (χ3v) is 9.21. The molecule has 2 aliphatic rings. The van der Waals surface area contributed by atoms with Gasteiger partial charge in [-0.3, -0.25) is 14.8 Å². The number of thiazole rings is 1. The third kappa shape index (κ3) is 4.56. The number of hydrogen-bond donors (Lipinski definition) is 1. The van der Waals surface area contributed by atoms with E-state index in [9.17, 15) is 4.79 Å². The molecule has 1 saturated heterocycles. The molecule has 3 aromatic heterocycles. The van der Waals surface area contributed by atoms with Gasteiger partial charge in [0.25, 0.3) is 5.91 Å². The predicted octanol–water partition coefficient (Wildman–Crippen LogP) is 6.83. The molecule has 1 amide bonds. The van der Waals surface area contributed by atoms with Crippen LogP contribution in [0.3, 0.4) is 0 Å². The second kappa shape index (κ2) is 10.5. The van der Waals surface area contributed by atoms with Gasteiger partial charge < -0.3 is 9.47 Å². The summed E-state index contributed by atoms with van der Waals surface area (Å²) in [6.07, 6.45) is 10.9. The lowest BCUT2D eigenvalue weighted by molar-refractivity contribution is -0.118. The number of halogens is 2. The van der Waals surface area contributed by atoms with Gasteiger partial charge in [0.15, 0.2) is 11.2 Å². The van der Waals surface area contributed by atoms with E-state index in [1.165, 1.54) is 36.3 Å². The summed E-state index contributed by atoms with van der Waals surface area (Å²) in [5.74, 6) is -0.267. The molecule has 0 bridgehead atoms. The summed E-state index contributed by atoms with van der Waals surface area (Å²) in [5.41, 5.74) is 5.27. The molecule has 204 valence electrons. The van der Waals surface area contributed by atoms with E-state index < -0.39 is 6.04 Å². The van der Waals surface area contributed by atoms with E-state index in [0.29, 0.717) is 31.8 Å². The number of carbonyl (C=O) groups excluding carboxylic acids is 1. The number of benzene rings is 2. The average molecular weight is 593 g/mol. The number of nitrogens with zero attached hydrogens (tertiary/aromatic N) is 6. The Hall–Kier alpha value is -3.40. The third-order valence-electron chi connectivity index (χ3n) is 7.83. The van der Waals surface area contributed by atoms with Crippen molar-refractivity contribution in [2.75, 3.05) is 23.3 Å². The highest BCUT2D eigenvalue weighted by Gasteiger charge is 2.32. The van der Waals surface area contributed by atoms with Crippen LogP contribution in [-0.2, 0) is 17.8 Å². The van der Waals surface area contributed by atoms with Crippen LogP contribution >= 0.6 is 34.5 Å². The number of nitrogens with one attached hydrogen (secondary N) is 1. The van der Waals surface area contributed by atoms with Crippen LogP contribution in [0.25, 0.3) is 22.0 Å². The van der Waals surface area contributed by atoms with Gasteiger partial charge in [0.2, 0.25) is 0 Å². The molecule has 1 fully saturated rings. The fraction of sp³-hybridized carbons (Fsp3) is 0.310. The number of rotatable bonds is 6. The number of fused-ring (bicyclic) bond motifs is 2. The van der Waals surface area contributed by atoms with Crippen LogP contribution in [0.15, 0.2) is 54.4 Å². The summed E-state index contributed by atoms with van der Waals surface area (Å²) in [5, 5.41) is 11.8. The molecule has 7 rings (SSSR count). The van der Waals surface area contributed by atoms with Crippen molar-refractivity contribution in [3.05, 3.63) is 75.9 Å². The molecule has 1 atom stereocenters. The quantitative estimate of drug-likeness (QED) is 0.234. The molecule has 0 radical (unpaired) electrons. The van der Waals surface area contributed by atoms with E-state index in [1.54, 1.807) is 23.4 Å². The molecule has 2 aromatic carbocycles. The summed E-state index contributed by atoms with van der Waals surface area (Å²) < 4.78 is 3.74. The van der Waals surface area contributed by atoms with Gasteiger partial charge in [-0.1, -0.05) is 35.3 Å². The standard InChI is InChI=1S/C29H27Cl2N7OS/c30-22-15-20(18-6-8-19(9-7-18)36-11-2-1-3-12-36)24(31)25-21(22)16-38(35-25)27(28(39)34-29-32-10-14-40-29)26-23-5-4-13-37(23)17-33-26/h6-10,14-17,27H,1-5,11-13H2,(H,32,34,39). The van der Waals surface area contributed by atoms with Gasteiger partial charge >= 0.3 is 0 Å². The molecule has 5 aromatic rings. The van der Waals surface area contributed by atoms with Gasteiger partial charge in [0, 0.05) is 59.7 Å². The summed E-state index contributed by atoms with van der Waals surface area (Å²) >= 11 is 15.2. The van der Waals surface area contributed by atoms with Gasteiger partial charge in [0.1, 0.15) is 5.52 Å². The second-order valence-electron chi connectivity index (χ2n) is 10.3. The van der Waals surface area contributed by atoms with Crippen LogP contribution in [-0.4, -0.2) is 43.3 Å². The Bertz CT molecular complexity index is 1690. The molecule has 0 saturated carbocycles. The summed E-state index contributed by atoms with van der Waals surface area (Å²) in [4.78, 5) is 25.0. The van der Waals surface area contributed by atoms with Crippen molar-refractivity contribution in [1.29, 1.82) is 0 Å². The smallest absolute Gasteiger partial charge is 0.257 e. The number of imidazole rings is 1. The predicted molar refractivity (Wildman–Crippen MR) is 161 cm³/mol. The first kappa shape index (κ1) is 25.6. The zero-order chi connectivity index (χ0) is 27.2. The Labute approximate surface area is 245 Å². The Balaban J connectivity index is 1.28. The number of hydrogen-bond acceptors (Lipinski definition) is 6. The van der Waals surface area contributed by atoms with Crippen molar-refractivity contribution < 1.29 is 4.79 Å². The number of anilines is 2. The molecule has 5 heterocycles. The van der Waals surface area contributed by atoms with Crippen LogP contribution in [0, 0.1) is 0 Å². The highest BCUT2D eigenvalue weighted by Crippen LogP contribution is 2.40. The van der Waals surface area contributed by atoms with Crippen molar-refractivity contribution in [1.82, 2.24) is 24.3 Å². The van der Waals surface area contributed by atoms with Gasteiger partial charge in [-0.05, 0) is 55.9 Å². The minimum absolute atomic E-state index is 0.267. The SMILES string of the molecule is O=C(Nc1nccs1)C(c1ncn2c1CCC2)n1cc2c(Cl)cc(-c3ccc(N4CCCCC4)cc3)c(Cl)c2n1. The van der Waals surface area contributed by atoms with Crippen LogP contribution in [0.2, 0.25) is 10.0 Å². The van der Waals surface area contributed by atoms with Crippen LogP contribution in [0.5, 0.6) is 0 Å². The molecular formula is C29H27Cl2N7OS. The maximum absolute atomic E-state index is 13.7. The number of aryl methyl sites for hydroxylation is 1. The summed E-state index contributed by atoms with van der Waals surface area (Å²) in [6.45, 7) is 3.07. The molecule has 8 nitrogen and oxygen atoms in total. The minimum atomic E-state index is -0.801. The van der Waals surface area contributed by atoms with E-state index in [4.69, 9.17) is 28.3 Å². The second-order valence-corrected chi connectivity index (χ2v) is 12.0. The van der Waals surface area contributed by atoms with Crippen LogP contribution in [0.4, 0.5) is 10.8 Å². The fourth-order valence-corrected chi connectivity index (χ4v) is 6.91. The Kier molecular flexibility index (Phi) is 6.73. The van der Waals surface area contributed by atoms with Crippen molar-refractivity contribution in [2.45, 2.75) is 44.7 Å². The van der Waals surface area contributed by atoms with E-state index in [0.717, 1.165) is 49.3 Å². The molecule has 1 unspecified atom stereocenters. The lowest BCUT2D eigenvalue weighted by Crippen LogP contribution is -2.29. The highest BCUT2D eigenvalue weighted by atomic mass is 35.5. The van der Waals surface area contributed by atoms with E-state index in [-0.39, 0.29) is 5.91 Å². The number of aromatic nitrogens is 5. The van der Waals surface area contributed by atoms with Crippen molar-refractivity contribution >= 4 is 62.2 Å². The minimum Gasteiger partial charge on any atom is -0.372 e. The average Bonchev–Trinajstić information content (AvgIpc) is 3.78. The van der Waals surface area contributed by atoms with Gasteiger partial charge in [-0.25, -0.2) is 9.97 Å². The molecule has 40 heavy (non-hydrogen) atoms. The summed E-state index contributed by atoms with van der Waals surface area (Å²) in [6, 6.07) is 9.54. The zero-order valence-electron chi connectivity index (χ0n) is 21.7. The molecular weight excluding hydrogens is 565 g/mol. The Morgan fingerprint density at radius 2 is 1.85 bits per heavy atom. The first-order valence-corrected chi connectivity index (χ1v) is 15.2. The largest absolute Gasteiger partial charge is 0.372 e. The van der Waals surface area contributed by atoms with Gasteiger partial charge in [0.05, 0.1) is 22.1 Å². The van der Waals surface area contributed by atoms with E-state index in [1.807, 2.05) is 11.4 Å². The van der Waals surface area contributed by atoms with Gasteiger partial charge in [-0.15, -0.1) is 11.3 Å². The van der Waals surface area contributed by atoms with Crippen molar-refractivity contribution in [3.63, 3.8) is 0 Å². The van der Waals surface area contributed by atoms with Crippen LogP contribution < -0.4 is 10.2 Å². The topological polar surface area (TPSA) is 80.9 Å². The molecule has 11 heteroatoms. The highest BCUT2D eigenvalue weighted by molar-refractivity contribution is 7.13. The van der Waals surface area contributed by atoms with E-state index in [2.05, 4.69) is 49.0 Å². The molecule has 0 aliphatic carbocycles. The van der Waals surface area contributed by atoms with Crippen LogP contribution in [0.1, 0.15) is 43.1 Å². The monoisotopic (exact) mass is 591 g/mol. The maximum Gasteiger partial charge on any atom is 0.257 e. The molecule has 0 spiro atoms. The van der Waals surface area contributed by atoms with Crippen molar-refractivity contribution in [2.24, 2.45) is 0 Å². The van der Waals surface area contributed by atoms with Gasteiger partial charge in [-0.2, -0.15) is 5.10 Å².